The largest absolute Gasteiger partial charge is 0.478 e. The zero-order chi connectivity index (χ0) is 12.6. The van der Waals surface area contributed by atoms with Gasteiger partial charge in [0, 0.05) is 5.56 Å². The smallest absolute Gasteiger partial charge is 0.335 e. The lowest BCUT2D eigenvalue weighted by Crippen LogP contribution is -2.15. The molecule has 3 heteroatoms. The van der Waals surface area contributed by atoms with E-state index < -0.39 is 5.97 Å². The van der Waals surface area contributed by atoms with E-state index in [-0.39, 0.29) is 11.3 Å². The Bertz CT molecular complexity index is 484. The summed E-state index contributed by atoms with van der Waals surface area (Å²) in [5, 5.41) is 9.06. The standard InChI is InChI=1S/C14H16O3/c1-8-6-13(10-4-3-5-10)12(9(2)15)7-11(8)14(16)17/h6-7,10H,3-5H2,1-2H3,(H,16,17). The lowest BCUT2D eigenvalue weighted by Gasteiger charge is -2.28. The molecule has 0 amide bonds. The zero-order valence-electron chi connectivity index (χ0n) is 10.1. The molecule has 0 bridgehead atoms. The van der Waals surface area contributed by atoms with Gasteiger partial charge < -0.3 is 5.11 Å². The number of carbonyl (C=O) groups is 2. The van der Waals surface area contributed by atoms with Crippen LogP contribution in [-0.2, 0) is 0 Å². The minimum Gasteiger partial charge on any atom is -0.478 e. The normalized spacial score (nSPS) is 15.4. The number of Topliss-reactive ketones (excluding diaryl/α,β-unsaturated/α-hetero) is 1. The van der Waals surface area contributed by atoms with Crippen LogP contribution >= 0.6 is 0 Å². The summed E-state index contributed by atoms with van der Waals surface area (Å²) < 4.78 is 0. The summed E-state index contributed by atoms with van der Waals surface area (Å²) in [6.07, 6.45) is 3.40. The number of carbonyl (C=O) groups excluding carboxylic acids is 1. The van der Waals surface area contributed by atoms with Crippen molar-refractivity contribution in [1.29, 1.82) is 0 Å². The zero-order valence-corrected chi connectivity index (χ0v) is 10.1. The fourth-order valence-electron chi connectivity index (χ4n) is 2.32. The molecule has 2 rings (SSSR count). The maximum atomic E-state index is 11.6. The van der Waals surface area contributed by atoms with Gasteiger partial charge in [-0.15, -0.1) is 0 Å². The van der Waals surface area contributed by atoms with Crippen molar-refractivity contribution in [2.45, 2.75) is 39.0 Å². The highest BCUT2D eigenvalue weighted by atomic mass is 16.4. The van der Waals surface area contributed by atoms with Gasteiger partial charge in [-0.1, -0.05) is 12.5 Å². The topological polar surface area (TPSA) is 54.4 Å². The summed E-state index contributed by atoms with van der Waals surface area (Å²) in [5.74, 6) is -0.574. The van der Waals surface area contributed by atoms with Crippen LogP contribution in [0.1, 0.15) is 63.9 Å². The van der Waals surface area contributed by atoms with E-state index in [0.29, 0.717) is 11.5 Å². The highest BCUT2D eigenvalue weighted by molar-refractivity contribution is 5.99. The summed E-state index contributed by atoms with van der Waals surface area (Å²) in [7, 11) is 0. The van der Waals surface area contributed by atoms with E-state index in [4.69, 9.17) is 5.11 Å². The van der Waals surface area contributed by atoms with Gasteiger partial charge in [-0.2, -0.15) is 0 Å². The first-order chi connectivity index (χ1) is 8.00. The third kappa shape index (κ3) is 2.09. The number of aryl methyl sites for hydroxylation is 1. The Balaban J connectivity index is 2.54. The van der Waals surface area contributed by atoms with Crippen LogP contribution in [0.4, 0.5) is 0 Å². The molecule has 17 heavy (non-hydrogen) atoms. The number of hydrogen-bond acceptors (Lipinski definition) is 2. The fourth-order valence-corrected chi connectivity index (χ4v) is 2.32. The average molecular weight is 232 g/mol. The molecule has 1 aliphatic carbocycles. The van der Waals surface area contributed by atoms with Gasteiger partial charge in [-0.3, -0.25) is 4.79 Å². The summed E-state index contributed by atoms with van der Waals surface area (Å²) in [6, 6.07) is 3.41. The van der Waals surface area contributed by atoms with Crippen molar-refractivity contribution in [3.05, 3.63) is 34.4 Å². The Hall–Kier alpha value is -1.64. The molecule has 0 aromatic heterocycles. The number of ketones is 1. The molecule has 0 spiro atoms. The van der Waals surface area contributed by atoms with Crippen LogP contribution in [0, 0.1) is 6.92 Å². The summed E-state index contributed by atoms with van der Waals surface area (Å²) in [5.41, 5.74) is 2.59. The second-order valence-corrected chi connectivity index (χ2v) is 4.74. The van der Waals surface area contributed by atoms with E-state index in [2.05, 4.69) is 0 Å². The van der Waals surface area contributed by atoms with Crippen LogP contribution in [0.25, 0.3) is 0 Å². The van der Waals surface area contributed by atoms with Crippen LogP contribution in [0.2, 0.25) is 0 Å². The molecule has 0 atom stereocenters. The number of carboxylic acids is 1. The monoisotopic (exact) mass is 232 g/mol. The lowest BCUT2D eigenvalue weighted by atomic mass is 9.76. The van der Waals surface area contributed by atoms with E-state index in [1.54, 1.807) is 6.92 Å². The Morgan fingerprint density at radius 2 is 1.88 bits per heavy atom. The number of rotatable bonds is 3. The lowest BCUT2D eigenvalue weighted by molar-refractivity contribution is 0.0696. The van der Waals surface area contributed by atoms with E-state index in [1.807, 2.05) is 6.07 Å². The molecule has 1 N–H and O–H groups in total. The molecule has 1 aromatic rings. The first-order valence-electron chi connectivity index (χ1n) is 5.89. The van der Waals surface area contributed by atoms with Crippen LogP contribution in [0.5, 0.6) is 0 Å². The van der Waals surface area contributed by atoms with Crippen molar-refractivity contribution in [3.8, 4) is 0 Å². The van der Waals surface area contributed by atoms with Crippen LogP contribution in [-0.4, -0.2) is 16.9 Å². The molecular weight excluding hydrogens is 216 g/mol. The molecule has 1 fully saturated rings. The minimum absolute atomic E-state index is 0.0469. The summed E-state index contributed by atoms with van der Waals surface area (Å²) in [6.45, 7) is 3.29. The predicted octanol–water partition coefficient (Wildman–Crippen LogP) is 3.16. The molecule has 0 radical (unpaired) electrons. The van der Waals surface area contributed by atoms with Gasteiger partial charge in [0.15, 0.2) is 5.78 Å². The van der Waals surface area contributed by atoms with E-state index >= 15 is 0 Å². The van der Waals surface area contributed by atoms with Crippen LogP contribution in [0.3, 0.4) is 0 Å². The van der Waals surface area contributed by atoms with E-state index in [9.17, 15) is 9.59 Å². The maximum absolute atomic E-state index is 11.6. The van der Waals surface area contributed by atoms with Gasteiger partial charge in [0.25, 0.3) is 0 Å². The fraction of sp³-hybridized carbons (Fsp3) is 0.429. The highest BCUT2D eigenvalue weighted by Crippen LogP contribution is 2.39. The van der Waals surface area contributed by atoms with Crippen molar-refractivity contribution in [1.82, 2.24) is 0 Å². The highest BCUT2D eigenvalue weighted by Gasteiger charge is 2.25. The van der Waals surface area contributed by atoms with Gasteiger partial charge in [0.1, 0.15) is 0 Å². The molecule has 0 heterocycles. The number of hydrogen-bond donors (Lipinski definition) is 1. The second-order valence-electron chi connectivity index (χ2n) is 4.74. The molecule has 3 nitrogen and oxygen atoms in total. The Kier molecular flexibility index (Phi) is 3.01. The quantitative estimate of drug-likeness (QED) is 0.814. The van der Waals surface area contributed by atoms with Crippen LogP contribution < -0.4 is 0 Å². The number of carboxylic acid groups (broad SMARTS) is 1. The van der Waals surface area contributed by atoms with Crippen molar-refractivity contribution in [2.75, 3.05) is 0 Å². The van der Waals surface area contributed by atoms with Gasteiger partial charge >= 0.3 is 5.97 Å². The van der Waals surface area contributed by atoms with Gasteiger partial charge in [-0.05, 0) is 49.8 Å². The molecule has 90 valence electrons. The third-order valence-corrected chi connectivity index (χ3v) is 3.55. The van der Waals surface area contributed by atoms with Gasteiger partial charge in [0.05, 0.1) is 5.56 Å². The summed E-state index contributed by atoms with van der Waals surface area (Å²) >= 11 is 0. The van der Waals surface area contributed by atoms with Gasteiger partial charge in [0.2, 0.25) is 0 Å². The molecule has 0 saturated heterocycles. The van der Waals surface area contributed by atoms with E-state index in [0.717, 1.165) is 24.0 Å². The Morgan fingerprint density at radius 3 is 2.29 bits per heavy atom. The first kappa shape index (κ1) is 11.8. The average Bonchev–Trinajstić information content (AvgIpc) is 2.13. The molecule has 1 saturated carbocycles. The molecular formula is C14H16O3. The second kappa shape index (κ2) is 4.32. The van der Waals surface area contributed by atoms with Crippen molar-refractivity contribution in [2.24, 2.45) is 0 Å². The molecule has 0 aliphatic heterocycles. The van der Waals surface area contributed by atoms with Crippen molar-refractivity contribution >= 4 is 11.8 Å². The predicted molar refractivity (Wildman–Crippen MR) is 64.7 cm³/mol. The summed E-state index contributed by atoms with van der Waals surface area (Å²) in [4.78, 5) is 22.7. The molecule has 1 aromatic carbocycles. The minimum atomic E-state index is -0.967. The third-order valence-electron chi connectivity index (χ3n) is 3.55. The Labute approximate surface area is 100 Å². The van der Waals surface area contributed by atoms with Crippen LogP contribution in [0.15, 0.2) is 12.1 Å². The van der Waals surface area contributed by atoms with Gasteiger partial charge in [-0.25, -0.2) is 4.79 Å². The SMILES string of the molecule is CC(=O)c1cc(C(=O)O)c(C)cc1C1CCC1. The van der Waals surface area contributed by atoms with Crippen molar-refractivity contribution < 1.29 is 14.7 Å². The number of aromatic carboxylic acids is 1. The molecule has 1 aliphatic rings. The van der Waals surface area contributed by atoms with E-state index in [1.165, 1.54) is 19.4 Å². The molecule has 0 unspecified atom stereocenters. The first-order valence-corrected chi connectivity index (χ1v) is 5.89. The van der Waals surface area contributed by atoms with Crippen molar-refractivity contribution in [3.63, 3.8) is 0 Å². The number of benzene rings is 1. The Morgan fingerprint density at radius 1 is 1.24 bits per heavy atom. The maximum Gasteiger partial charge on any atom is 0.335 e.